The molecule has 8 heteroatoms. The number of nitrogens with two attached hydrogens (primary N) is 1. The number of hydrogen-bond acceptors (Lipinski definition) is 6. The van der Waals surface area contributed by atoms with Crippen LogP contribution in [0, 0.1) is 0 Å². The van der Waals surface area contributed by atoms with E-state index < -0.39 is 10.0 Å². The van der Waals surface area contributed by atoms with E-state index >= 15 is 0 Å². The van der Waals surface area contributed by atoms with Crippen molar-refractivity contribution in [3.63, 3.8) is 0 Å². The fraction of sp³-hybridized carbons (Fsp3) is 0.429. The molecule has 0 aliphatic heterocycles. The Morgan fingerprint density at radius 1 is 1.53 bits per heavy atom. The number of nitrogens with zero attached hydrogens (tertiary/aromatic N) is 2. The first-order chi connectivity index (χ1) is 7.03. The first-order valence-corrected chi connectivity index (χ1v) is 5.92. The molecule has 0 bridgehead atoms. The molecule has 0 saturated carbocycles. The average molecular weight is 231 g/mol. The monoisotopic (exact) mass is 231 g/mol. The van der Waals surface area contributed by atoms with Gasteiger partial charge < -0.3 is 11.1 Å². The minimum Gasteiger partial charge on any atom is -0.384 e. The molecule has 0 spiro atoms. The van der Waals surface area contributed by atoms with E-state index in [1.807, 2.05) is 0 Å². The fourth-order valence-electron chi connectivity index (χ4n) is 0.857. The summed E-state index contributed by atoms with van der Waals surface area (Å²) in [5.41, 5.74) is 5.42. The van der Waals surface area contributed by atoms with Gasteiger partial charge in [0.05, 0.1) is 5.75 Å². The molecule has 15 heavy (non-hydrogen) atoms. The Morgan fingerprint density at radius 3 is 2.87 bits per heavy atom. The SMILES string of the molecule is CNS(=O)(=O)CCNc1nccc(N)n1. The Kier molecular flexibility index (Phi) is 3.81. The lowest BCUT2D eigenvalue weighted by molar-refractivity contribution is 0.588. The molecule has 0 saturated heterocycles. The van der Waals surface area contributed by atoms with Crippen LogP contribution in [-0.4, -0.2) is 37.7 Å². The van der Waals surface area contributed by atoms with Crippen molar-refractivity contribution in [2.75, 3.05) is 30.4 Å². The summed E-state index contributed by atoms with van der Waals surface area (Å²) >= 11 is 0. The molecular formula is C7H13N5O2S. The number of rotatable bonds is 5. The highest BCUT2D eigenvalue weighted by Crippen LogP contribution is 2.00. The Hall–Kier alpha value is -1.41. The number of nitrogens with one attached hydrogen (secondary N) is 2. The van der Waals surface area contributed by atoms with Crippen LogP contribution < -0.4 is 15.8 Å². The first kappa shape index (κ1) is 11.7. The van der Waals surface area contributed by atoms with Crippen LogP contribution in [0.3, 0.4) is 0 Å². The number of nitrogen functional groups attached to an aromatic ring is 1. The van der Waals surface area contributed by atoms with Crippen LogP contribution in [0.5, 0.6) is 0 Å². The molecule has 0 amide bonds. The highest BCUT2D eigenvalue weighted by Gasteiger charge is 2.06. The molecule has 0 unspecified atom stereocenters. The fourth-order valence-corrected chi connectivity index (χ4v) is 1.43. The van der Waals surface area contributed by atoms with Gasteiger partial charge in [-0.15, -0.1) is 0 Å². The van der Waals surface area contributed by atoms with Gasteiger partial charge in [-0.2, -0.15) is 4.98 Å². The van der Waals surface area contributed by atoms with Crippen molar-refractivity contribution in [1.82, 2.24) is 14.7 Å². The molecule has 0 aromatic carbocycles. The van der Waals surface area contributed by atoms with Crippen LogP contribution >= 0.6 is 0 Å². The molecular weight excluding hydrogens is 218 g/mol. The molecule has 1 heterocycles. The standard InChI is InChI=1S/C7H13N5O2S/c1-9-15(13,14)5-4-11-7-10-3-2-6(8)12-7/h2-3,9H,4-5H2,1H3,(H3,8,10,11,12). The third kappa shape index (κ3) is 4.09. The topological polar surface area (TPSA) is 110 Å². The van der Waals surface area contributed by atoms with E-state index in [-0.39, 0.29) is 12.3 Å². The van der Waals surface area contributed by atoms with Crippen LogP contribution in [0.4, 0.5) is 11.8 Å². The third-order valence-corrected chi connectivity index (χ3v) is 3.01. The number of hydrogen-bond donors (Lipinski definition) is 3. The summed E-state index contributed by atoms with van der Waals surface area (Å²) in [6.45, 7) is 0.229. The van der Waals surface area contributed by atoms with E-state index in [4.69, 9.17) is 5.73 Å². The van der Waals surface area contributed by atoms with Gasteiger partial charge in [-0.05, 0) is 13.1 Å². The van der Waals surface area contributed by atoms with Crippen molar-refractivity contribution in [2.45, 2.75) is 0 Å². The highest BCUT2D eigenvalue weighted by molar-refractivity contribution is 7.89. The average Bonchev–Trinajstić information content (AvgIpc) is 2.18. The summed E-state index contributed by atoms with van der Waals surface area (Å²) in [5.74, 6) is 0.618. The predicted molar refractivity (Wildman–Crippen MR) is 57.8 cm³/mol. The van der Waals surface area contributed by atoms with E-state index in [1.54, 1.807) is 6.07 Å². The summed E-state index contributed by atoms with van der Waals surface area (Å²) in [7, 11) is -1.83. The summed E-state index contributed by atoms with van der Waals surface area (Å²) in [4.78, 5) is 7.73. The van der Waals surface area contributed by atoms with Crippen molar-refractivity contribution in [3.8, 4) is 0 Å². The Bertz CT molecular complexity index is 419. The van der Waals surface area contributed by atoms with Crippen molar-refractivity contribution >= 4 is 21.8 Å². The van der Waals surface area contributed by atoms with Crippen molar-refractivity contribution in [2.24, 2.45) is 0 Å². The Labute approximate surface area is 88.2 Å². The van der Waals surface area contributed by atoms with E-state index in [0.717, 1.165) is 0 Å². The van der Waals surface area contributed by atoms with E-state index in [9.17, 15) is 8.42 Å². The van der Waals surface area contributed by atoms with Gasteiger partial charge >= 0.3 is 0 Å². The zero-order valence-electron chi connectivity index (χ0n) is 8.27. The predicted octanol–water partition coefficient (Wildman–Crippen LogP) is -0.980. The molecule has 0 atom stereocenters. The number of sulfonamides is 1. The van der Waals surface area contributed by atoms with Crippen LogP contribution in [0.25, 0.3) is 0 Å². The second-order valence-electron chi connectivity index (χ2n) is 2.75. The smallest absolute Gasteiger partial charge is 0.224 e. The van der Waals surface area contributed by atoms with Crippen molar-refractivity contribution in [3.05, 3.63) is 12.3 Å². The maximum atomic E-state index is 11.0. The molecule has 1 aromatic heterocycles. The summed E-state index contributed by atoms with van der Waals surface area (Å²) in [6.07, 6.45) is 1.50. The molecule has 84 valence electrons. The van der Waals surface area contributed by atoms with E-state index in [2.05, 4.69) is 20.0 Å². The van der Waals surface area contributed by atoms with E-state index in [1.165, 1.54) is 13.2 Å². The van der Waals surface area contributed by atoms with Crippen molar-refractivity contribution < 1.29 is 8.42 Å². The van der Waals surface area contributed by atoms with E-state index in [0.29, 0.717) is 11.8 Å². The molecule has 0 aliphatic rings. The minimum absolute atomic E-state index is 0.0400. The molecule has 1 aromatic rings. The molecule has 0 aliphatic carbocycles. The van der Waals surface area contributed by atoms with Gasteiger partial charge in [-0.3, -0.25) is 0 Å². The third-order valence-electron chi connectivity index (χ3n) is 1.64. The minimum atomic E-state index is -3.20. The first-order valence-electron chi connectivity index (χ1n) is 4.27. The second kappa shape index (κ2) is 4.89. The summed E-state index contributed by atoms with van der Waals surface area (Å²) < 4.78 is 24.3. The van der Waals surface area contributed by atoms with Gasteiger partial charge in [0, 0.05) is 12.7 Å². The van der Waals surface area contributed by atoms with Gasteiger partial charge in [-0.1, -0.05) is 0 Å². The Balaban J connectivity index is 2.45. The molecule has 0 radical (unpaired) electrons. The van der Waals surface area contributed by atoms with Gasteiger partial charge in [0.15, 0.2) is 0 Å². The maximum absolute atomic E-state index is 11.0. The van der Waals surface area contributed by atoms with Crippen molar-refractivity contribution in [1.29, 1.82) is 0 Å². The lowest BCUT2D eigenvalue weighted by atomic mass is 10.6. The van der Waals surface area contributed by atoms with Gasteiger partial charge in [0.2, 0.25) is 16.0 Å². The van der Waals surface area contributed by atoms with Gasteiger partial charge in [0.1, 0.15) is 5.82 Å². The maximum Gasteiger partial charge on any atom is 0.224 e. The lowest BCUT2D eigenvalue weighted by Crippen LogP contribution is -2.26. The van der Waals surface area contributed by atoms with Crippen LogP contribution in [-0.2, 0) is 10.0 Å². The normalized spacial score (nSPS) is 11.3. The summed E-state index contributed by atoms with van der Waals surface area (Å²) in [5, 5.41) is 2.75. The number of aromatic nitrogens is 2. The van der Waals surface area contributed by atoms with Gasteiger partial charge in [0.25, 0.3) is 0 Å². The van der Waals surface area contributed by atoms with Crippen LogP contribution in [0.1, 0.15) is 0 Å². The molecule has 7 nitrogen and oxygen atoms in total. The van der Waals surface area contributed by atoms with Crippen LogP contribution in [0.15, 0.2) is 12.3 Å². The number of anilines is 2. The molecule has 0 fully saturated rings. The zero-order valence-corrected chi connectivity index (χ0v) is 9.08. The largest absolute Gasteiger partial charge is 0.384 e. The molecule has 4 N–H and O–H groups in total. The lowest BCUT2D eigenvalue weighted by Gasteiger charge is -2.04. The second-order valence-corrected chi connectivity index (χ2v) is 4.80. The zero-order chi connectivity index (χ0) is 11.3. The Morgan fingerprint density at radius 2 is 2.27 bits per heavy atom. The van der Waals surface area contributed by atoms with Gasteiger partial charge in [-0.25, -0.2) is 18.1 Å². The van der Waals surface area contributed by atoms with Crippen LogP contribution in [0.2, 0.25) is 0 Å². The highest BCUT2D eigenvalue weighted by atomic mass is 32.2. The molecule has 1 rings (SSSR count). The quantitative estimate of drug-likeness (QED) is 0.601. The summed E-state index contributed by atoms with van der Waals surface area (Å²) in [6, 6.07) is 1.55.